The predicted octanol–water partition coefficient (Wildman–Crippen LogP) is 1.40. The van der Waals surface area contributed by atoms with Gasteiger partial charge in [0.25, 0.3) is 0 Å². The first-order valence-electron chi connectivity index (χ1n) is 8.00. The molecule has 0 atom stereocenters. The summed E-state index contributed by atoms with van der Waals surface area (Å²) in [5.41, 5.74) is 1.44. The maximum Gasteiger partial charge on any atom is 0.234 e. The molecule has 1 N–H and O–H groups in total. The zero-order valence-corrected chi connectivity index (χ0v) is 14.5. The van der Waals surface area contributed by atoms with Crippen LogP contribution in [0.15, 0.2) is 48.0 Å². The minimum absolute atomic E-state index is 0.112. The summed E-state index contributed by atoms with van der Waals surface area (Å²) in [5.74, 6) is 0.597. The van der Waals surface area contributed by atoms with Crippen LogP contribution in [0.4, 0.5) is 5.95 Å². The summed E-state index contributed by atoms with van der Waals surface area (Å²) in [6.45, 7) is 2.86. The summed E-state index contributed by atoms with van der Waals surface area (Å²) in [6, 6.07) is 11.0. The van der Waals surface area contributed by atoms with Crippen LogP contribution in [-0.4, -0.2) is 44.7 Å². The molecular formula is C17H20N4O3S. The Labute approximate surface area is 147 Å². The number of nitrogens with zero attached hydrogens (tertiary/aromatic N) is 3. The van der Waals surface area contributed by atoms with Gasteiger partial charge in [-0.2, -0.15) is 0 Å². The molecule has 0 saturated carbocycles. The molecule has 1 aliphatic heterocycles. The molecule has 0 aliphatic carbocycles. The lowest BCUT2D eigenvalue weighted by molar-refractivity contribution is 0.122. The Morgan fingerprint density at radius 3 is 2.68 bits per heavy atom. The van der Waals surface area contributed by atoms with Gasteiger partial charge in [-0.05, 0) is 17.7 Å². The molecule has 1 saturated heterocycles. The number of sulfonamides is 1. The van der Waals surface area contributed by atoms with Gasteiger partial charge in [-0.15, -0.1) is 0 Å². The van der Waals surface area contributed by atoms with Crippen molar-refractivity contribution in [1.29, 1.82) is 0 Å². The first-order chi connectivity index (χ1) is 12.1. The van der Waals surface area contributed by atoms with Gasteiger partial charge in [0.15, 0.2) is 0 Å². The van der Waals surface area contributed by atoms with Crippen molar-refractivity contribution in [2.24, 2.45) is 0 Å². The summed E-state index contributed by atoms with van der Waals surface area (Å²) in [7, 11) is -3.54. The summed E-state index contributed by atoms with van der Waals surface area (Å²) < 4.78 is 32.0. The van der Waals surface area contributed by atoms with Gasteiger partial charge in [0.2, 0.25) is 16.0 Å². The summed E-state index contributed by atoms with van der Waals surface area (Å²) in [6.07, 6.45) is 3.20. The molecule has 0 radical (unpaired) electrons. The van der Waals surface area contributed by atoms with E-state index >= 15 is 0 Å². The van der Waals surface area contributed by atoms with Crippen molar-refractivity contribution in [3.8, 4) is 0 Å². The summed E-state index contributed by atoms with van der Waals surface area (Å²) >= 11 is 0. The zero-order valence-electron chi connectivity index (χ0n) is 13.7. The lowest BCUT2D eigenvalue weighted by atomic mass is 10.2. The topological polar surface area (TPSA) is 84.4 Å². The van der Waals surface area contributed by atoms with Gasteiger partial charge in [-0.3, -0.25) is 0 Å². The van der Waals surface area contributed by atoms with Crippen molar-refractivity contribution in [1.82, 2.24) is 14.7 Å². The minimum atomic E-state index is -3.54. The number of nitrogens with one attached hydrogen (secondary N) is 1. The van der Waals surface area contributed by atoms with Gasteiger partial charge >= 0.3 is 0 Å². The molecule has 1 aromatic carbocycles. The maximum absolute atomic E-state index is 12.1. The van der Waals surface area contributed by atoms with Crippen molar-refractivity contribution in [3.63, 3.8) is 0 Å². The molecule has 2 heterocycles. The molecule has 3 rings (SSSR count). The fourth-order valence-electron chi connectivity index (χ4n) is 2.35. The Balaban J connectivity index is 1.61. The molecule has 0 spiro atoms. The lowest BCUT2D eigenvalue weighted by Gasteiger charge is -2.26. The molecule has 1 aliphatic rings. The van der Waals surface area contributed by atoms with Crippen LogP contribution in [-0.2, 0) is 21.3 Å². The number of morpholine rings is 1. The Bertz CT molecular complexity index is 819. The number of rotatable bonds is 6. The Kier molecular flexibility index (Phi) is 5.75. The zero-order chi connectivity index (χ0) is 17.5. The van der Waals surface area contributed by atoms with Crippen LogP contribution in [0.2, 0.25) is 0 Å². The molecule has 1 aromatic heterocycles. The standard InChI is InChI=1S/C17H20N4O3S/c22-25(23,13-7-15-4-2-1-3-5-15)19-14-16-6-8-18-17(20-16)21-9-11-24-12-10-21/h1-8,13,19H,9-12,14H2/b13-7+. The van der Waals surface area contributed by atoms with E-state index in [2.05, 4.69) is 14.7 Å². The van der Waals surface area contributed by atoms with E-state index in [1.807, 2.05) is 35.2 Å². The number of anilines is 1. The van der Waals surface area contributed by atoms with E-state index in [9.17, 15) is 8.42 Å². The van der Waals surface area contributed by atoms with Crippen molar-refractivity contribution in [2.75, 3.05) is 31.2 Å². The highest BCUT2D eigenvalue weighted by molar-refractivity contribution is 7.92. The quantitative estimate of drug-likeness (QED) is 0.838. The van der Waals surface area contributed by atoms with Crippen molar-refractivity contribution in [2.45, 2.75) is 6.54 Å². The van der Waals surface area contributed by atoms with Crippen LogP contribution in [0, 0.1) is 0 Å². The normalized spacial score (nSPS) is 15.6. The molecular weight excluding hydrogens is 340 g/mol. The van der Waals surface area contributed by atoms with E-state index in [0.717, 1.165) is 24.1 Å². The number of hydrogen-bond acceptors (Lipinski definition) is 6. The molecule has 1 fully saturated rings. The molecule has 0 bridgehead atoms. The Hall–Kier alpha value is -2.29. The third-order valence-corrected chi connectivity index (χ3v) is 4.73. The number of aromatic nitrogens is 2. The molecule has 0 amide bonds. The minimum Gasteiger partial charge on any atom is -0.378 e. The third kappa shape index (κ3) is 5.35. The first-order valence-corrected chi connectivity index (χ1v) is 9.54. The fourth-order valence-corrected chi connectivity index (χ4v) is 3.14. The van der Waals surface area contributed by atoms with Crippen LogP contribution < -0.4 is 9.62 Å². The largest absolute Gasteiger partial charge is 0.378 e. The van der Waals surface area contributed by atoms with E-state index in [4.69, 9.17) is 4.74 Å². The maximum atomic E-state index is 12.1. The molecule has 8 heteroatoms. The smallest absolute Gasteiger partial charge is 0.234 e. The second kappa shape index (κ2) is 8.19. The fraction of sp³-hybridized carbons (Fsp3) is 0.294. The van der Waals surface area contributed by atoms with Gasteiger partial charge in [0.1, 0.15) is 0 Å². The van der Waals surface area contributed by atoms with Crippen LogP contribution in [0.25, 0.3) is 6.08 Å². The van der Waals surface area contributed by atoms with E-state index in [1.54, 1.807) is 18.3 Å². The van der Waals surface area contributed by atoms with E-state index in [1.165, 1.54) is 0 Å². The highest BCUT2D eigenvalue weighted by Crippen LogP contribution is 2.10. The Morgan fingerprint density at radius 1 is 1.16 bits per heavy atom. The second-order valence-electron chi connectivity index (χ2n) is 5.53. The van der Waals surface area contributed by atoms with Crippen LogP contribution >= 0.6 is 0 Å². The highest BCUT2D eigenvalue weighted by Gasteiger charge is 2.14. The van der Waals surface area contributed by atoms with Crippen molar-refractivity contribution in [3.05, 3.63) is 59.3 Å². The van der Waals surface area contributed by atoms with Gasteiger partial charge in [-0.1, -0.05) is 30.3 Å². The van der Waals surface area contributed by atoms with Crippen molar-refractivity contribution >= 4 is 22.0 Å². The van der Waals surface area contributed by atoms with Gasteiger partial charge in [0, 0.05) is 24.7 Å². The van der Waals surface area contributed by atoms with E-state index in [0.29, 0.717) is 24.9 Å². The van der Waals surface area contributed by atoms with E-state index in [-0.39, 0.29) is 6.54 Å². The first kappa shape index (κ1) is 17.5. The van der Waals surface area contributed by atoms with Crippen LogP contribution in [0.5, 0.6) is 0 Å². The number of hydrogen-bond donors (Lipinski definition) is 1. The number of benzene rings is 1. The molecule has 7 nitrogen and oxygen atoms in total. The molecule has 132 valence electrons. The van der Waals surface area contributed by atoms with Gasteiger partial charge < -0.3 is 9.64 Å². The average Bonchev–Trinajstić information content (AvgIpc) is 2.67. The van der Waals surface area contributed by atoms with Gasteiger partial charge in [0.05, 0.1) is 25.5 Å². The third-order valence-electron chi connectivity index (χ3n) is 3.69. The second-order valence-corrected chi connectivity index (χ2v) is 7.18. The SMILES string of the molecule is O=S(=O)(/C=C/c1ccccc1)NCc1ccnc(N2CCOCC2)n1. The predicted molar refractivity (Wildman–Crippen MR) is 96.3 cm³/mol. The van der Waals surface area contributed by atoms with Gasteiger partial charge in [-0.25, -0.2) is 23.1 Å². The summed E-state index contributed by atoms with van der Waals surface area (Å²) in [4.78, 5) is 10.7. The highest BCUT2D eigenvalue weighted by atomic mass is 32.2. The lowest BCUT2D eigenvalue weighted by Crippen LogP contribution is -2.37. The summed E-state index contributed by atoms with van der Waals surface area (Å²) in [5, 5.41) is 1.16. The van der Waals surface area contributed by atoms with Crippen LogP contribution in [0.3, 0.4) is 0 Å². The molecule has 0 unspecified atom stereocenters. The number of ether oxygens (including phenoxy) is 1. The molecule has 2 aromatic rings. The van der Waals surface area contributed by atoms with Crippen molar-refractivity contribution < 1.29 is 13.2 Å². The molecule has 25 heavy (non-hydrogen) atoms. The van der Waals surface area contributed by atoms with Crippen LogP contribution in [0.1, 0.15) is 11.3 Å². The Morgan fingerprint density at radius 2 is 1.92 bits per heavy atom. The van der Waals surface area contributed by atoms with E-state index < -0.39 is 10.0 Å². The average molecular weight is 360 g/mol. The monoisotopic (exact) mass is 360 g/mol.